The van der Waals surface area contributed by atoms with Crippen LogP contribution in [0.4, 0.5) is 17.1 Å². The van der Waals surface area contributed by atoms with Gasteiger partial charge in [0.05, 0.1) is 33.2 Å². The average molecular weight is 462 g/mol. The summed E-state index contributed by atoms with van der Waals surface area (Å²) < 4.78 is 33.2. The van der Waals surface area contributed by atoms with Crippen molar-refractivity contribution in [2.75, 3.05) is 17.1 Å². The van der Waals surface area contributed by atoms with Crippen LogP contribution in [0.1, 0.15) is 10.4 Å². The number of amides is 1. The second-order valence-electron chi connectivity index (χ2n) is 6.21. The van der Waals surface area contributed by atoms with Crippen LogP contribution in [-0.4, -0.2) is 26.4 Å². The Labute approximate surface area is 182 Å². The number of halogens is 1. The molecule has 0 aliphatic heterocycles. The minimum absolute atomic E-state index is 0.0131. The zero-order valence-corrected chi connectivity index (χ0v) is 17.6. The maximum absolute atomic E-state index is 12.8. The van der Waals surface area contributed by atoms with Gasteiger partial charge in [-0.3, -0.25) is 19.6 Å². The number of hydrogen-bond acceptors (Lipinski definition) is 6. The molecule has 0 saturated heterocycles. The number of nitrogens with one attached hydrogen (secondary N) is 2. The van der Waals surface area contributed by atoms with Crippen LogP contribution in [0.2, 0.25) is 5.02 Å². The summed E-state index contributed by atoms with van der Waals surface area (Å²) in [5.41, 5.74) is 0.0653. The molecule has 0 radical (unpaired) electrons. The second-order valence-corrected chi connectivity index (χ2v) is 8.30. The largest absolute Gasteiger partial charge is 0.495 e. The van der Waals surface area contributed by atoms with E-state index in [-0.39, 0.29) is 32.5 Å². The third kappa shape index (κ3) is 5.11. The Hall–Kier alpha value is -3.63. The minimum atomic E-state index is -4.07. The number of benzene rings is 3. The molecule has 2 N–H and O–H groups in total. The van der Waals surface area contributed by atoms with E-state index in [2.05, 4.69) is 10.0 Å². The maximum atomic E-state index is 12.8. The first kappa shape index (κ1) is 22.1. The number of sulfonamides is 1. The van der Waals surface area contributed by atoms with Crippen molar-refractivity contribution < 1.29 is 22.9 Å². The van der Waals surface area contributed by atoms with Gasteiger partial charge in [-0.15, -0.1) is 0 Å². The van der Waals surface area contributed by atoms with Crippen molar-refractivity contribution in [1.82, 2.24) is 0 Å². The summed E-state index contributed by atoms with van der Waals surface area (Å²) in [6, 6.07) is 15.4. The Morgan fingerprint density at radius 2 is 1.81 bits per heavy atom. The van der Waals surface area contributed by atoms with Crippen LogP contribution in [-0.2, 0) is 10.0 Å². The number of para-hydroxylation sites is 2. The summed E-state index contributed by atoms with van der Waals surface area (Å²) in [6.45, 7) is 0. The highest BCUT2D eigenvalue weighted by Gasteiger charge is 2.20. The van der Waals surface area contributed by atoms with Crippen LogP contribution in [0.15, 0.2) is 71.6 Å². The Bertz CT molecular complexity index is 1260. The lowest BCUT2D eigenvalue weighted by Crippen LogP contribution is -2.16. The first-order valence-corrected chi connectivity index (χ1v) is 10.6. The van der Waals surface area contributed by atoms with E-state index in [1.165, 1.54) is 49.6 Å². The van der Waals surface area contributed by atoms with Crippen molar-refractivity contribution >= 4 is 44.6 Å². The van der Waals surface area contributed by atoms with Gasteiger partial charge in [-0.05, 0) is 36.4 Å². The molecule has 0 aromatic heterocycles. The fourth-order valence-corrected chi connectivity index (χ4v) is 3.97. The quantitative estimate of drug-likeness (QED) is 0.398. The second kappa shape index (κ2) is 9.02. The van der Waals surface area contributed by atoms with E-state index in [1.807, 2.05) is 0 Å². The normalized spacial score (nSPS) is 10.9. The van der Waals surface area contributed by atoms with Gasteiger partial charge >= 0.3 is 0 Å². The molecule has 31 heavy (non-hydrogen) atoms. The molecule has 3 aromatic rings. The Morgan fingerprint density at radius 1 is 1.06 bits per heavy atom. The number of non-ortho nitro benzene ring substituents is 1. The molecule has 0 atom stereocenters. The summed E-state index contributed by atoms with van der Waals surface area (Å²) in [5, 5.41) is 13.4. The zero-order chi connectivity index (χ0) is 22.6. The molecule has 0 fully saturated rings. The lowest BCUT2D eigenvalue weighted by Gasteiger charge is -2.13. The molecule has 11 heteroatoms. The fourth-order valence-electron chi connectivity index (χ4n) is 2.67. The number of carbonyl (C=O) groups is 1. The highest BCUT2D eigenvalue weighted by atomic mass is 35.5. The van der Waals surface area contributed by atoms with Crippen molar-refractivity contribution in [2.24, 2.45) is 0 Å². The van der Waals surface area contributed by atoms with Gasteiger partial charge < -0.3 is 10.1 Å². The minimum Gasteiger partial charge on any atom is -0.495 e. The molecule has 3 aromatic carbocycles. The molecule has 0 aliphatic carbocycles. The molecule has 9 nitrogen and oxygen atoms in total. The zero-order valence-electron chi connectivity index (χ0n) is 16.0. The molecule has 0 aliphatic rings. The Balaban J connectivity index is 1.89. The highest BCUT2D eigenvalue weighted by Crippen LogP contribution is 2.28. The van der Waals surface area contributed by atoms with Crippen LogP contribution < -0.4 is 14.8 Å². The number of anilines is 2. The van der Waals surface area contributed by atoms with Crippen molar-refractivity contribution in [3.63, 3.8) is 0 Å². The van der Waals surface area contributed by atoms with Crippen molar-refractivity contribution in [3.05, 3.63) is 87.4 Å². The summed E-state index contributed by atoms with van der Waals surface area (Å²) in [7, 11) is -2.66. The number of carbonyl (C=O) groups excluding carboxylic acids is 1. The van der Waals surface area contributed by atoms with E-state index in [9.17, 15) is 23.3 Å². The fraction of sp³-hybridized carbons (Fsp3) is 0.0500. The summed E-state index contributed by atoms with van der Waals surface area (Å²) >= 11 is 6.09. The van der Waals surface area contributed by atoms with E-state index in [4.69, 9.17) is 16.3 Å². The smallest absolute Gasteiger partial charge is 0.271 e. The topological polar surface area (TPSA) is 128 Å². The first-order valence-electron chi connectivity index (χ1n) is 8.72. The molecule has 0 bridgehead atoms. The molecule has 0 unspecified atom stereocenters. The van der Waals surface area contributed by atoms with Gasteiger partial charge in [0.15, 0.2) is 0 Å². The Kier molecular flexibility index (Phi) is 6.42. The molecule has 0 heterocycles. The number of ether oxygens (including phenoxy) is 1. The van der Waals surface area contributed by atoms with Gasteiger partial charge in [0.1, 0.15) is 5.75 Å². The number of methoxy groups -OCH3 is 1. The number of nitro benzene ring substituents is 1. The van der Waals surface area contributed by atoms with Gasteiger partial charge in [0.25, 0.3) is 21.6 Å². The Morgan fingerprint density at radius 3 is 2.52 bits per heavy atom. The number of rotatable bonds is 7. The molecule has 1 amide bonds. The third-order valence-electron chi connectivity index (χ3n) is 4.16. The van der Waals surface area contributed by atoms with Crippen molar-refractivity contribution in [1.29, 1.82) is 0 Å². The van der Waals surface area contributed by atoms with E-state index >= 15 is 0 Å². The lowest BCUT2D eigenvalue weighted by atomic mass is 10.2. The summed E-state index contributed by atoms with van der Waals surface area (Å²) in [6.07, 6.45) is 0. The molecule has 0 saturated carbocycles. The van der Waals surface area contributed by atoms with Crippen LogP contribution in [0.25, 0.3) is 0 Å². The molecular formula is C20H16ClN3O6S. The van der Waals surface area contributed by atoms with Gasteiger partial charge in [-0.25, -0.2) is 8.42 Å². The van der Waals surface area contributed by atoms with Crippen LogP contribution in [0, 0.1) is 10.1 Å². The van der Waals surface area contributed by atoms with Gasteiger partial charge in [-0.2, -0.15) is 0 Å². The van der Waals surface area contributed by atoms with Gasteiger partial charge in [0.2, 0.25) is 0 Å². The maximum Gasteiger partial charge on any atom is 0.271 e. The van der Waals surface area contributed by atoms with Crippen LogP contribution >= 0.6 is 11.6 Å². The molecule has 0 spiro atoms. The van der Waals surface area contributed by atoms with E-state index in [0.717, 1.165) is 6.07 Å². The monoisotopic (exact) mass is 461 g/mol. The third-order valence-corrected chi connectivity index (χ3v) is 5.85. The van der Waals surface area contributed by atoms with E-state index in [1.54, 1.807) is 18.2 Å². The van der Waals surface area contributed by atoms with Crippen LogP contribution in [0.5, 0.6) is 5.75 Å². The average Bonchev–Trinajstić information content (AvgIpc) is 2.74. The number of hydrogen-bond donors (Lipinski definition) is 2. The van der Waals surface area contributed by atoms with Crippen molar-refractivity contribution in [2.45, 2.75) is 4.90 Å². The molecule has 160 valence electrons. The number of nitro groups is 1. The predicted molar refractivity (Wildman–Crippen MR) is 116 cm³/mol. The predicted octanol–water partition coefficient (Wildman–Crippen LogP) is 4.31. The van der Waals surface area contributed by atoms with E-state index in [0.29, 0.717) is 5.75 Å². The lowest BCUT2D eigenvalue weighted by molar-refractivity contribution is -0.384. The first-order chi connectivity index (χ1) is 14.7. The number of nitrogens with zero attached hydrogens (tertiary/aromatic N) is 1. The summed E-state index contributed by atoms with van der Waals surface area (Å²) in [4.78, 5) is 22.8. The van der Waals surface area contributed by atoms with Crippen molar-refractivity contribution in [3.8, 4) is 5.75 Å². The standard InChI is InChI=1S/C20H16ClN3O6S/c1-30-19-8-3-2-7-18(19)23-31(28,29)15-9-10-17(21)16(12-15)20(25)22-13-5-4-6-14(11-13)24(26)27/h2-12,23H,1H3,(H,22,25). The molecule has 3 rings (SSSR count). The SMILES string of the molecule is COc1ccccc1NS(=O)(=O)c1ccc(Cl)c(C(=O)Nc2cccc([N+](=O)[O-])c2)c1. The van der Waals surface area contributed by atoms with E-state index < -0.39 is 20.9 Å². The molecular weight excluding hydrogens is 446 g/mol. The highest BCUT2D eigenvalue weighted by molar-refractivity contribution is 7.92. The van der Waals surface area contributed by atoms with Gasteiger partial charge in [-0.1, -0.05) is 29.8 Å². The summed E-state index contributed by atoms with van der Waals surface area (Å²) in [5.74, 6) is -0.400. The van der Waals surface area contributed by atoms with Gasteiger partial charge in [0, 0.05) is 17.8 Å². The van der Waals surface area contributed by atoms with Crippen LogP contribution in [0.3, 0.4) is 0 Å².